The number of rotatable bonds is 3. The first-order valence-corrected chi connectivity index (χ1v) is 6.22. The van der Waals surface area contributed by atoms with Crippen molar-refractivity contribution in [2.75, 3.05) is 13.1 Å². The van der Waals surface area contributed by atoms with Gasteiger partial charge in [0.2, 0.25) is 0 Å². The fourth-order valence-corrected chi connectivity index (χ4v) is 2.80. The Kier molecular flexibility index (Phi) is 4.19. The van der Waals surface area contributed by atoms with Crippen LogP contribution in [0.25, 0.3) is 0 Å². The summed E-state index contributed by atoms with van der Waals surface area (Å²) in [6.45, 7) is 13.2. The fourth-order valence-electron chi connectivity index (χ4n) is 2.80. The molecule has 1 heterocycles. The first-order valence-electron chi connectivity index (χ1n) is 6.22. The van der Waals surface area contributed by atoms with E-state index >= 15 is 0 Å². The highest BCUT2D eigenvalue weighted by atomic mass is 16.5. The third kappa shape index (κ3) is 4.52. The lowest BCUT2D eigenvalue weighted by Gasteiger charge is -2.27. The summed E-state index contributed by atoms with van der Waals surface area (Å²) in [5.41, 5.74) is 0.380. The molecule has 1 rings (SSSR count). The molecule has 0 spiro atoms. The molecule has 1 N–H and O–H groups in total. The maximum Gasteiger partial charge on any atom is 0.0269 e. The highest BCUT2D eigenvalue weighted by Crippen LogP contribution is 2.36. The van der Waals surface area contributed by atoms with Crippen LogP contribution in [0.5, 0.6) is 0 Å². The smallest absolute Gasteiger partial charge is 0.0269 e. The summed E-state index contributed by atoms with van der Waals surface area (Å²) in [5.74, 6) is 2.11. The van der Waals surface area contributed by atoms with Crippen LogP contribution in [0.15, 0.2) is 0 Å². The minimum atomic E-state index is 0.380. The summed E-state index contributed by atoms with van der Waals surface area (Å²) in [6, 6.07) is 0. The molecule has 2 atom stereocenters. The van der Waals surface area contributed by atoms with Crippen molar-refractivity contribution in [3.8, 4) is 0 Å². The quantitative estimate of drug-likeness (QED) is 0.776. The Morgan fingerprint density at radius 3 is 2.20 bits per heavy atom. The standard InChI is InChI=1S/C13H27NO/c1-10(2)6-11-8-14(15)9-12(11)7-13(3,4)5/h10-12,15H,6-9H2,1-5H3. The average Bonchev–Trinajstić information content (AvgIpc) is 2.25. The van der Waals surface area contributed by atoms with Gasteiger partial charge < -0.3 is 5.21 Å². The highest BCUT2D eigenvalue weighted by molar-refractivity contribution is 4.84. The molecule has 2 heteroatoms. The van der Waals surface area contributed by atoms with Crippen LogP contribution >= 0.6 is 0 Å². The zero-order chi connectivity index (χ0) is 11.6. The van der Waals surface area contributed by atoms with E-state index in [1.54, 1.807) is 0 Å². The Morgan fingerprint density at radius 1 is 1.20 bits per heavy atom. The van der Waals surface area contributed by atoms with E-state index in [-0.39, 0.29) is 0 Å². The molecule has 0 aromatic carbocycles. The van der Waals surface area contributed by atoms with Gasteiger partial charge in [-0.3, -0.25) is 0 Å². The predicted octanol–water partition coefficient (Wildman–Crippen LogP) is 3.41. The first kappa shape index (κ1) is 13.0. The van der Waals surface area contributed by atoms with Gasteiger partial charge in [-0.25, -0.2) is 0 Å². The topological polar surface area (TPSA) is 23.5 Å². The van der Waals surface area contributed by atoms with Crippen LogP contribution in [0.3, 0.4) is 0 Å². The van der Waals surface area contributed by atoms with Crippen LogP contribution in [-0.2, 0) is 0 Å². The SMILES string of the molecule is CC(C)CC1CN(O)CC1CC(C)(C)C. The first-order chi connectivity index (χ1) is 6.78. The van der Waals surface area contributed by atoms with Crippen molar-refractivity contribution in [1.82, 2.24) is 5.06 Å². The Morgan fingerprint density at radius 2 is 1.73 bits per heavy atom. The van der Waals surface area contributed by atoms with Crippen molar-refractivity contribution in [1.29, 1.82) is 0 Å². The molecule has 2 nitrogen and oxygen atoms in total. The Hall–Kier alpha value is -0.0800. The van der Waals surface area contributed by atoms with Crippen LogP contribution in [0.1, 0.15) is 47.5 Å². The van der Waals surface area contributed by atoms with Gasteiger partial charge in [0, 0.05) is 13.1 Å². The molecule has 2 unspecified atom stereocenters. The van der Waals surface area contributed by atoms with E-state index in [1.165, 1.54) is 17.9 Å². The Bertz CT molecular complexity index is 195. The van der Waals surface area contributed by atoms with Gasteiger partial charge in [0.05, 0.1) is 0 Å². The van der Waals surface area contributed by atoms with Gasteiger partial charge in [0.1, 0.15) is 0 Å². The molecular formula is C13H27NO. The number of hydrogen-bond acceptors (Lipinski definition) is 2. The van der Waals surface area contributed by atoms with E-state index in [1.807, 2.05) is 0 Å². The Labute approximate surface area is 94.6 Å². The molecule has 0 saturated carbocycles. The normalized spacial score (nSPS) is 29.0. The van der Waals surface area contributed by atoms with Gasteiger partial charge in [0.15, 0.2) is 0 Å². The van der Waals surface area contributed by atoms with E-state index < -0.39 is 0 Å². The van der Waals surface area contributed by atoms with Gasteiger partial charge >= 0.3 is 0 Å². The minimum absolute atomic E-state index is 0.380. The van der Waals surface area contributed by atoms with Crippen molar-refractivity contribution >= 4 is 0 Å². The summed E-state index contributed by atoms with van der Waals surface area (Å²) in [7, 11) is 0. The largest absolute Gasteiger partial charge is 0.314 e. The zero-order valence-electron chi connectivity index (χ0n) is 11.0. The molecule has 1 fully saturated rings. The lowest BCUT2D eigenvalue weighted by Crippen LogP contribution is -2.21. The molecule has 0 aromatic heterocycles. The van der Waals surface area contributed by atoms with Crippen LogP contribution < -0.4 is 0 Å². The maximum absolute atomic E-state index is 9.61. The van der Waals surface area contributed by atoms with Gasteiger partial charge in [-0.1, -0.05) is 34.6 Å². The average molecular weight is 213 g/mol. The van der Waals surface area contributed by atoms with Gasteiger partial charge in [-0.15, -0.1) is 0 Å². The summed E-state index contributed by atoms with van der Waals surface area (Å²) in [5, 5.41) is 11.1. The second-order valence-electron chi connectivity index (χ2n) is 6.79. The maximum atomic E-state index is 9.61. The van der Waals surface area contributed by atoms with E-state index in [2.05, 4.69) is 34.6 Å². The summed E-state index contributed by atoms with van der Waals surface area (Å²) < 4.78 is 0. The lowest BCUT2D eigenvalue weighted by molar-refractivity contribution is -0.0745. The molecule has 1 aliphatic rings. The van der Waals surface area contributed by atoms with E-state index in [4.69, 9.17) is 0 Å². The van der Waals surface area contributed by atoms with Gasteiger partial charge in [-0.05, 0) is 36.0 Å². The van der Waals surface area contributed by atoms with Crippen molar-refractivity contribution < 1.29 is 5.21 Å². The van der Waals surface area contributed by atoms with Crippen molar-refractivity contribution in [2.45, 2.75) is 47.5 Å². The van der Waals surface area contributed by atoms with Crippen LogP contribution in [0.2, 0.25) is 0 Å². The van der Waals surface area contributed by atoms with Crippen molar-refractivity contribution in [2.24, 2.45) is 23.2 Å². The molecule has 0 radical (unpaired) electrons. The van der Waals surface area contributed by atoms with E-state index in [9.17, 15) is 5.21 Å². The van der Waals surface area contributed by atoms with E-state index in [0.29, 0.717) is 17.3 Å². The number of hydroxylamine groups is 2. The fraction of sp³-hybridized carbons (Fsp3) is 1.00. The Balaban J connectivity index is 2.53. The summed E-state index contributed by atoms with van der Waals surface area (Å²) in [6.07, 6.45) is 2.47. The highest BCUT2D eigenvalue weighted by Gasteiger charge is 2.34. The second kappa shape index (κ2) is 4.84. The third-order valence-electron chi connectivity index (χ3n) is 3.21. The number of hydrogen-bond donors (Lipinski definition) is 1. The predicted molar refractivity (Wildman–Crippen MR) is 63.9 cm³/mol. The molecular weight excluding hydrogens is 186 g/mol. The second-order valence-corrected chi connectivity index (χ2v) is 6.79. The van der Waals surface area contributed by atoms with E-state index in [0.717, 1.165) is 19.0 Å². The number of nitrogens with zero attached hydrogens (tertiary/aromatic N) is 1. The third-order valence-corrected chi connectivity index (χ3v) is 3.21. The molecule has 0 aliphatic carbocycles. The van der Waals surface area contributed by atoms with Crippen molar-refractivity contribution in [3.05, 3.63) is 0 Å². The molecule has 1 aliphatic heterocycles. The summed E-state index contributed by atoms with van der Waals surface area (Å²) >= 11 is 0. The zero-order valence-corrected chi connectivity index (χ0v) is 11.0. The monoisotopic (exact) mass is 213 g/mol. The van der Waals surface area contributed by atoms with Crippen LogP contribution in [0, 0.1) is 23.2 Å². The molecule has 90 valence electrons. The lowest BCUT2D eigenvalue weighted by atomic mass is 9.78. The van der Waals surface area contributed by atoms with Crippen LogP contribution in [0.4, 0.5) is 0 Å². The molecule has 1 saturated heterocycles. The summed E-state index contributed by atoms with van der Waals surface area (Å²) in [4.78, 5) is 0. The van der Waals surface area contributed by atoms with Gasteiger partial charge in [0.25, 0.3) is 0 Å². The molecule has 0 amide bonds. The molecule has 0 bridgehead atoms. The molecule has 15 heavy (non-hydrogen) atoms. The van der Waals surface area contributed by atoms with Crippen molar-refractivity contribution in [3.63, 3.8) is 0 Å². The van der Waals surface area contributed by atoms with Crippen LogP contribution in [-0.4, -0.2) is 23.4 Å². The molecule has 0 aromatic rings. The minimum Gasteiger partial charge on any atom is -0.314 e. The van der Waals surface area contributed by atoms with Gasteiger partial charge in [-0.2, -0.15) is 5.06 Å².